The summed E-state index contributed by atoms with van der Waals surface area (Å²) in [6.07, 6.45) is 1.58. The molecule has 1 aromatic rings. The smallest absolute Gasteiger partial charge is 0.289 e. The van der Waals surface area contributed by atoms with Crippen molar-refractivity contribution in [2.75, 3.05) is 33.4 Å². The van der Waals surface area contributed by atoms with Crippen LogP contribution in [0.2, 0.25) is 0 Å². The number of aliphatic imine (C=N–C) groups is 1. The van der Waals surface area contributed by atoms with Crippen LogP contribution in [0.1, 0.15) is 5.56 Å². The number of carbonyl (C=O) groups excluding carboxylic acids is 1. The normalized spacial score (nSPS) is 20.9. The first-order valence-corrected chi connectivity index (χ1v) is 8.69. The molecule has 2 aliphatic rings. The van der Waals surface area contributed by atoms with Crippen molar-refractivity contribution in [1.82, 2.24) is 0 Å². The quantitative estimate of drug-likeness (QED) is 0.730. The summed E-state index contributed by atoms with van der Waals surface area (Å²) in [6.45, 7) is 2.92. The number of hydrogen-bond acceptors (Lipinski definition) is 5. The fourth-order valence-corrected chi connectivity index (χ4v) is 3.84. The van der Waals surface area contributed by atoms with Crippen molar-refractivity contribution in [1.29, 1.82) is 0 Å². The first kappa shape index (κ1) is 16.5. The minimum absolute atomic E-state index is 0.238. The van der Waals surface area contributed by atoms with Gasteiger partial charge in [-0.05, 0) is 35.5 Å². The molecule has 122 valence electrons. The Labute approximate surface area is 146 Å². The van der Waals surface area contributed by atoms with Gasteiger partial charge in [-0.3, -0.25) is 9.69 Å². The zero-order chi connectivity index (χ0) is 16.4. The third-order valence-corrected chi connectivity index (χ3v) is 5.12. The van der Waals surface area contributed by atoms with Gasteiger partial charge in [-0.25, -0.2) is 0 Å². The lowest BCUT2D eigenvalue weighted by atomic mass is 10.1. The maximum Gasteiger partial charge on any atom is 0.289 e. The van der Waals surface area contributed by atoms with Crippen LogP contribution >= 0.6 is 27.7 Å². The van der Waals surface area contributed by atoms with Crippen molar-refractivity contribution in [2.24, 2.45) is 4.99 Å². The molecule has 3 rings (SSSR count). The Hall–Kier alpha value is -1.35. The van der Waals surface area contributed by atoms with Crippen molar-refractivity contribution in [3.05, 3.63) is 27.1 Å². The lowest BCUT2D eigenvalue weighted by molar-refractivity contribution is -0.812. The van der Waals surface area contributed by atoms with Gasteiger partial charge in [-0.1, -0.05) is 21.7 Å². The third-order valence-electron chi connectivity index (χ3n) is 3.57. The minimum atomic E-state index is -0.303. The van der Waals surface area contributed by atoms with Gasteiger partial charge in [0.1, 0.15) is 18.8 Å². The number of hydrogen-bond donors (Lipinski definition) is 1. The van der Waals surface area contributed by atoms with Crippen LogP contribution in [0.4, 0.5) is 0 Å². The molecule has 2 aliphatic heterocycles. The fraction of sp³-hybridized carbons (Fsp3) is 0.333. The summed E-state index contributed by atoms with van der Waals surface area (Å²) < 4.78 is 11.1. The standard InChI is InChI=1S/C15H15BrN2O4S/c1-21-11-8-10(16)6-9(13(11)19)7-12-14(20)17-15(23-12)18-2-4-22-5-3-18/h6-8,19H,2-5H2,1H3/b12-7-. The Morgan fingerprint density at radius 1 is 1.43 bits per heavy atom. The second-order valence-corrected chi connectivity index (χ2v) is 7.02. The second-order valence-electron chi connectivity index (χ2n) is 5.08. The first-order chi connectivity index (χ1) is 11.1. The molecule has 0 unspecified atom stereocenters. The van der Waals surface area contributed by atoms with Crippen LogP contribution < -0.4 is 14.7 Å². The number of benzene rings is 1. The summed E-state index contributed by atoms with van der Waals surface area (Å²) >= 11 is 4.66. The van der Waals surface area contributed by atoms with E-state index in [-0.39, 0.29) is 17.4 Å². The highest BCUT2D eigenvalue weighted by Crippen LogP contribution is 2.35. The van der Waals surface area contributed by atoms with Gasteiger partial charge in [0.2, 0.25) is 0 Å². The van der Waals surface area contributed by atoms with Gasteiger partial charge in [-0.15, -0.1) is 4.99 Å². The number of amides is 1. The summed E-state index contributed by atoms with van der Waals surface area (Å²) in [4.78, 5) is 17.8. The van der Waals surface area contributed by atoms with Gasteiger partial charge in [0, 0.05) is 4.47 Å². The van der Waals surface area contributed by atoms with E-state index in [4.69, 9.17) is 9.47 Å². The molecule has 1 fully saturated rings. The average molecular weight is 399 g/mol. The van der Waals surface area contributed by atoms with E-state index in [1.165, 1.54) is 18.9 Å². The lowest BCUT2D eigenvalue weighted by Gasteiger charge is -2.21. The number of morpholine rings is 1. The van der Waals surface area contributed by atoms with E-state index in [9.17, 15) is 9.90 Å². The van der Waals surface area contributed by atoms with E-state index in [0.29, 0.717) is 23.7 Å². The lowest BCUT2D eigenvalue weighted by Crippen LogP contribution is -3.15. The molecular weight excluding hydrogens is 384 g/mol. The molecule has 2 heterocycles. The molecule has 0 atom stereocenters. The number of amidine groups is 1. The molecule has 0 saturated carbocycles. The van der Waals surface area contributed by atoms with Crippen LogP contribution in [0.15, 0.2) is 26.5 Å². The van der Waals surface area contributed by atoms with Crippen molar-refractivity contribution in [3.8, 4) is 11.5 Å². The number of methoxy groups -OCH3 is 1. The predicted molar refractivity (Wildman–Crippen MR) is 89.7 cm³/mol. The minimum Gasteiger partial charge on any atom is -0.870 e. The highest BCUT2D eigenvalue weighted by molar-refractivity contribution is 9.10. The van der Waals surface area contributed by atoms with Gasteiger partial charge in [0.25, 0.3) is 11.1 Å². The molecular formula is C15H15BrN2O4S. The highest BCUT2D eigenvalue weighted by atomic mass is 79.9. The number of ether oxygens (including phenoxy) is 2. The summed E-state index contributed by atoms with van der Waals surface area (Å²) in [5.74, 6) is -0.312. The number of nitrogens with one attached hydrogen (secondary N) is 1. The van der Waals surface area contributed by atoms with Gasteiger partial charge >= 0.3 is 0 Å². The highest BCUT2D eigenvalue weighted by Gasteiger charge is 2.31. The van der Waals surface area contributed by atoms with E-state index in [1.54, 1.807) is 18.2 Å². The Morgan fingerprint density at radius 3 is 2.87 bits per heavy atom. The zero-order valence-electron chi connectivity index (χ0n) is 12.4. The van der Waals surface area contributed by atoms with Crippen LogP contribution in [-0.2, 0) is 9.53 Å². The maximum atomic E-state index is 12.3. The molecule has 1 amide bonds. The van der Waals surface area contributed by atoms with Crippen LogP contribution in [0.5, 0.6) is 11.5 Å². The van der Waals surface area contributed by atoms with Crippen LogP contribution in [-0.4, -0.2) is 44.5 Å². The van der Waals surface area contributed by atoms with Crippen LogP contribution in [0.3, 0.4) is 0 Å². The van der Waals surface area contributed by atoms with Gasteiger partial charge in [-0.2, -0.15) is 0 Å². The van der Waals surface area contributed by atoms with Crippen molar-refractivity contribution in [3.63, 3.8) is 0 Å². The van der Waals surface area contributed by atoms with Gasteiger partial charge in [0.15, 0.2) is 0 Å². The Kier molecular flexibility index (Phi) is 5.05. The van der Waals surface area contributed by atoms with E-state index in [0.717, 1.165) is 27.6 Å². The van der Waals surface area contributed by atoms with Gasteiger partial charge < -0.3 is 14.6 Å². The first-order valence-electron chi connectivity index (χ1n) is 7.08. The summed E-state index contributed by atoms with van der Waals surface area (Å²) in [5.41, 5.74) is 0.403. The molecule has 6 nitrogen and oxygen atoms in total. The van der Waals surface area contributed by atoms with E-state index >= 15 is 0 Å². The largest absolute Gasteiger partial charge is 0.870 e. The number of rotatable bonds is 2. The maximum absolute atomic E-state index is 12.3. The molecule has 1 aromatic carbocycles. The third kappa shape index (κ3) is 3.60. The summed E-state index contributed by atoms with van der Waals surface area (Å²) in [5, 5.41) is 13.0. The molecule has 0 aromatic heterocycles. The molecule has 23 heavy (non-hydrogen) atoms. The Bertz CT molecular complexity index is 699. The number of quaternary nitrogens is 1. The topological polar surface area (TPSA) is 75.4 Å². The zero-order valence-corrected chi connectivity index (χ0v) is 14.8. The number of halogens is 1. The van der Waals surface area contributed by atoms with E-state index < -0.39 is 0 Å². The van der Waals surface area contributed by atoms with E-state index in [2.05, 4.69) is 20.9 Å². The molecule has 0 aliphatic carbocycles. The van der Waals surface area contributed by atoms with Crippen molar-refractivity contribution < 1.29 is 24.3 Å². The number of carbonyl (C=O) groups is 1. The number of nitrogens with zero attached hydrogens (tertiary/aromatic N) is 1. The Balaban J connectivity index is 1.84. The molecule has 0 radical (unpaired) electrons. The molecule has 1 saturated heterocycles. The van der Waals surface area contributed by atoms with Crippen molar-refractivity contribution in [2.45, 2.75) is 0 Å². The van der Waals surface area contributed by atoms with Crippen molar-refractivity contribution >= 4 is 44.8 Å². The summed E-state index contributed by atoms with van der Waals surface area (Å²) in [6, 6.07) is 3.28. The molecule has 0 spiro atoms. The average Bonchev–Trinajstić information content (AvgIpc) is 2.92. The monoisotopic (exact) mass is 398 g/mol. The van der Waals surface area contributed by atoms with Crippen LogP contribution in [0.25, 0.3) is 6.08 Å². The summed E-state index contributed by atoms with van der Waals surface area (Å²) in [7, 11) is 1.44. The fourth-order valence-electron chi connectivity index (χ4n) is 2.38. The SMILES string of the molecule is COc1cc(Br)cc(/C=C2\SC([NH+]3CCOCC3)=NC2=O)c1[O-]. The number of thioether (sulfide) groups is 1. The molecule has 8 heteroatoms. The predicted octanol–water partition coefficient (Wildman–Crippen LogP) is 0.417. The molecule has 0 bridgehead atoms. The van der Waals surface area contributed by atoms with E-state index in [1.807, 2.05) is 0 Å². The second kappa shape index (κ2) is 7.04. The Morgan fingerprint density at radius 2 is 2.17 bits per heavy atom. The van der Waals surface area contributed by atoms with Gasteiger partial charge in [0.05, 0.1) is 25.2 Å². The molecule has 1 N–H and O–H groups in total. The van der Waals surface area contributed by atoms with Crippen LogP contribution in [0, 0.1) is 0 Å².